The summed E-state index contributed by atoms with van der Waals surface area (Å²) in [6.07, 6.45) is -0.00283. The molecular formula is C21H25N3O4S. The zero-order chi connectivity index (χ0) is 21.4. The van der Waals surface area contributed by atoms with E-state index in [0.717, 1.165) is 11.1 Å². The zero-order valence-corrected chi connectivity index (χ0v) is 17.7. The van der Waals surface area contributed by atoms with Crippen molar-refractivity contribution in [2.45, 2.75) is 33.8 Å². The van der Waals surface area contributed by atoms with E-state index >= 15 is 0 Å². The molecule has 0 fully saturated rings. The number of aryl methyl sites for hydroxylation is 2. The van der Waals surface area contributed by atoms with Crippen LogP contribution >= 0.6 is 12.2 Å². The van der Waals surface area contributed by atoms with Gasteiger partial charge in [0.1, 0.15) is 11.5 Å². The molecule has 0 spiro atoms. The van der Waals surface area contributed by atoms with Crippen LogP contribution in [-0.2, 0) is 4.79 Å². The van der Waals surface area contributed by atoms with Gasteiger partial charge in [0.05, 0.1) is 6.10 Å². The number of amides is 2. The average Bonchev–Trinajstić information content (AvgIpc) is 2.65. The first-order valence-electron chi connectivity index (χ1n) is 9.12. The van der Waals surface area contributed by atoms with E-state index in [-0.39, 0.29) is 17.8 Å². The van der Waals surface area contributed by atoms with E-state index < -0.39 is 11.8 Å². The van der Waals surface area contributed by atoms with Crippen molar-refractivity contribution in [3.63, 3.8) is 0 Å². The minimum Gasteiger partial charge on any atom is -0.491 e. The summed E-state index contributed by atoms with van der Waals surface area (Å²) in [6.45, 7) is 7.43. The maximum Gasteiger partial charge on any atom is 0.276 e. The second-order valence-corrected chi connectivity index (χ2v) is 7.07. The minimum atomic E-state index is -0.434. The first-order chi connectivity index (χ1) is 13.8. The molecular weight excluding hydrogens is 390 g/mol. The van der Waals surface area contributed by atoms with E-state index in [1.807, 2.05) is 45.9 Å². The van der Waals surface area contributed by atoms with Crippen molar-refractivity contribution in [2.24, 2.45) is 0 Å². The number of thiocarbonyl (C=S) groups is 1. The maximum atomic E-state index is 12.3. The number of nitrogens with one attached hydrogen (secondary N) is 3. The van der Waals surface area contributed by atoms with Gasteiger partial charge in [-0.15, -0.1) is 0 Å². The fourth-order valence-electron chi connectivity index (χ4n) is 2.52. The summed E-state index contributed by atoms with van der Waals surface area (Å²) in [6, 6.07) is 12.5. The van der Waals surface area contributed by atoms with Crippen LogP contribution in [0.5, 0.6) is 11.5 Å². The summed E-state index contributed by atoms with van der Waals surface area (Å²) < 4.78 is 11.1. The van der Waals surface area contributed by atoms with Crippen LogP contribution in [0.2, 0.25) is 0 Å². The number of hydrogen-bond acceptors (Lipinski definition) is 5. The number of para-hydroxylation sites is 1. The van der Waals surface area contributed by atoms with Crippen LogP contribution in [0.4, 0.5) is 0 Å². The first kappa shape index (κ1) is 22.2. The summed E-state index contributed by atoms with van der Waals surface area (Å²) in [5.74, 6) is 0.403. The van der Waals surface area contributed by atoms with E-state index in [9.17, 15) is 9.59 Å². The van der Waals surface area contributed by atoms with Gasteiger partial charge in [0.2, 0.25) is 0 Å². The van der Waals surface area contributed by atoms with Crippen LogP contribution in [0.1, 0.15) is 35.3 Å². The van der Waals surface area contributed by atoms with E-state index in [4.69, 9.17) is 21.7 Å². The molecule has 0 saturated heterocycles. The number of benzene rings is 2. The van der Waals surface area contributed by atoms with Gasteiger partial charge in [0, 0.05) is 5.56 Å². The molecule has 2 amide bonds. The van der Waals surface area contributed by atoms with E-state index in [2.05, 4.69) is 16.2 Å². The molecule has 154 valence electrons. The molecule has 2 aromatic carbocycles. The van der Waals surface area contributed by atoms with Crippen molar-refractivity contribution in [3.05, 3.63) is 59.2 Å². The number of rotatable bonds is 6. The van der Waals surface area contributed by atoms with Gasteiger partial charge in [-0.1, -0.05) is 24.3 Å². The quantitative estimate of drug-likeness (QED) is 0.497. The summed E-state index contributed by atoms with van der Waals surface area (Å²) in [7, 11) is 0. The molecule has 0 unspecified atom stereocenters. The van der Waals surface area contributed by atoms with Crippen molar-refractivity contribution in [2.75, 3.05) is 6.61 Å². The van der Waals surface area contributed by atoms with Crippen molar-refractivity contribution in [3.8, 4) is 11.5 Å². The van der Waals surface area contributed by atoms with Crippen LogP contribution in [0.25, 0.3) is 0 Å². The second kappa shape index (κ2) is 10.4. The van der Waals surface area contributed by atoms with Crippen LogP contribution < -0.4 is 25.6 Å². The standard InChI is InChI=1S/C21H25N3O4S/c1-13(2)28-17-10-6-9-16(11-17)20(26)22-21(29)24-23-18(25)12-27-19-14(3)7-5-8-15(19)4/h5-11,13H,12H2,1-4H3,(H,23,25)(H2,22,24,26,29). The SMILES string of the molecule is Cc1cccc(C)c1OCC(=O)NNC(=S)NC(=O)c1cccc(OC(C)C)c1. The monoisotopic (exact) mass is 415 g/mol. The lowest BCUT2D eigenvalue weighted by Crippen LogP contribution is -2.49. The number of hydrazine groups is 1. The number of carbonyl (C=O) groups excluding carboxylic acids is 2. The van der Waals surface area contributed by atoms with Gasteiger partial charge in [-0.25, -0.2) is 0 Å². The number of hydrogen-bond donors (Lipinski definition) is 3. The lowest BCUT2D eigenvalue weighted by Gasteiger charge is -2.14. The number of carbonyl (C=O) groups is 2. The first-order valence-corrected chi connectivity index (χ1v) is 9.53. The van der Waals surface area contributed by atoms with Crippen LogP contribution in [0, 0.1) is 13.8 Å². The third-order valence-corrected chi connectivity index (χ3v) is 3.97. The third kappa shape index (κ3) is 7.08. The Morgan fingerprint density at radius 1 is 1.03 bits per heavy atom. The number of ether oxygens (including phenoxy) is 2. The summed E-state index contributed by atoms with van der Waals surface area (Å²) >= 11 is 5.04. The molecule has 0 bridgehead atoms. The van der Waals surface area contributed by atoms with Crippen molar-refractivity contribution < 1.29 is 19.1 Å². The highest BCUT2D eigenvalue weighted by Crippen LogP contribution is 2.22. The highest BCUT2D eigenvalue weighted by atomic mass is 32.1. The Bertz CT molecular complexity index is 879. The normalized spacial score (nSPS) is 10.2. The Balaban J connectivity index is 1.80. The van der Waals surface area contributed by atoms with Gasteiger partial charge < -0.3 is 9.47 Å². The molecule has 29 heavy (non-hydrogen) atoms. The lowest BCUT2D eigenvalue weighted by atomic mass is 10.1. The topological polar surface area (TPSA) is 88.7 Å². The van der Waals surface area contributed by atoms with E-state index in [0.29, 0.717) is 17.1 Å². The van der Waals surface area contributed by atoms with Gasteiger partial charge in [0.15, 0.2) is 11.7 Å². The molecule has 0 atom stereocenters. The highest BCUT2D eigenvalue weighted by Gasteiger charge is 2.11. The van der Waals surface area contributed by atoms with Gasteiger partial charge in [0.25, 0.3) is 11.8 Å². The maximum absolute atomic E-state index is 12.3. The molecule has 0 aliphatic carbocycles. The Morgan fingerprint density at radius 2 is 1.69 bits per heavy atom. The molecule has 0 aliphatic rings. The minimum absolute atomic E-state index is 0.00283. The third-order valence-electron chi connectivity index (χ3n) is 3.77. The van der Waals surface area contributed by atoms with Crippen LogP contribution in [0.15, 0.2) is 42.5 Å². The van der Waals surface area contributed by atoms with Gasteiger partial charge >= 0.3 is 0 Å². The summed E-state index contributed by atoms with van der Waals surface area (Å²) in [4.78, 5) is 24.3. The van der Waals surface area contributed by atoms with Gasteiger partial charge in [-0.3, -0.25) is 25.8 Å². The molecule has 3 N–H and O–H groups in total. The fourth-order valence-corrected chi connectivity index (χ4v) is 2.66. The molecule has 7 nitrogen and oxygen atoms in total. The zero-order valence-electron chi connectivity index (χ0n) is 16.9. The van der Waals surface area contributed by atoms with Crippen molar-refractivity contribution in [1.82, 2.24) is 16.2 Å². The van der Waals surface area contributed by atoms with E-state index in [1.54, 1.807) is 24.3 Å². The molecule has 2 rings (SSSR count). The Hall–Kier alpha value is -3.13. The molecule has 0 heterocycles. The Labute approximate surface area is 175 Å². The van der Waals surface area contributed by atoms with Crippen LogP contribution in [0.3, 0.4) is 0 Å². The molecule has 2 aromatic rings. The summed E-state index contributed by atoms with van der Waals surface area (Å²) in [5, 5.41) is 2.46. The van der Waals surface area contributed by atoms with E-state index in [1.165, 1.54) is 0 Å². The Morgan fingerprint density at radius 3 is 2.34 bits per heavy atom. The Kier molecular flexibility index (Phi) is 7.97. The smallest absolute Gasteiger partial charge is 0.276 e. The lowest BCUT2D eigenvalue weighted by molar-refractivity contribution is -0.123. The van der Waals surface area contributed by atoms with Crippen molar-refractivity contribution in [1.29, 1.82) is 0 Å². The van der Waals surface area contributed by atoms with Gasteiger partial charge in [-0.05, 0) is 69.2 Å². The molecule has 0 aromatic heterocycles. The molecule has 0 saturated carbocycles. The molecule has 0 radical (unpaired) electrons. The predicted octanol–water partition coefficient (Wildman–Crippen LogP) is 2.81. The molecule has 8 heteroatoms. The van der Waals surface area contributed by atoms with Crippen molar-refractivity contribution >= 4 is 29.1 Å². The average molecular weight is 416 g/mol. The largest absolute Gasteiger partial charge is 0.491 e. The predicted molar refractivity (Wildman–Crippen MR) is 115 cm³/mol. The molecule has 0 aliphatic heterocycles. The summed E-state index contributed by atoms with van der Waals surface area (Å²) in [5.41, 5.74) is 7.15. The van der Waals surface area contributed by atoms with Crippen LogP contribution in [-0.4, -0.2) is 29.6 Å². The van der Waals surface area contributed by atoms with Gasteiger partial charge in [-0.2, -0.15) is 0 Å². The second-order valence-electron chi connectivity index (χ2n) is 6.66. The highest BCUT2D eigenvalue weighted by molar-refractivity contribution is 7.80. The fraction of sp³-hybridized carbons (Fsp3) is 0.286.